The second kappa shape index (κ2) is 7.48. The number of nitrogens with one attached hydrogen (secondary N) is 1. The average molecular weight is 364 g/mol. The molecule has 2 rings (SSSR count). The molecule has 0 fully saturated rings. The van der Waals surface area contributed by atoms with Crippen molar-refractivity contribution in [3.05, 3.63) is 63.1 Å². The van der Waals surface area contributed by atoms with Crippen molar-refractivity contribution in [2.75, 3.05) is 7.05 Å². The van der Waals surface area contributed by atoms with E-state index in [4.69, 9.17) is 0 Å². The second-order valence-electron chi connectivity index (χ2n) is 5.48. The van der Waals surface area contributed by atoms with Gasteiger partial charge < -0.3 is 5.32 Å². The second-order valence-corrected chi connectivity index (χ2v) is 7.41. The van der Waals surface area contributed by atoms with Gasteiger partial charge in [0.05, 0.1) is 0 Å². The van der Waals surface area contributed by atoms with E-state index in [2.05, 4.69) is 78.4 Å². The van der Waals surface area contributed by atoms with Gasteiger partial charge in [-0.15, -0.1) is 11.8 Å². The first-order valence-corrected chi connectivity index (χ1v) is 8.94. The van der Waals surface area contributed by atoms with Crippen molar-refractivity contribution in [2.24, 2.45) is 0 Å². The highest BCUT2D eigenvalue weighted by atomic mass is 79.9. The fraction of sp³-hybridized carbons (Fsp3) is 0.333. The molecule has 3 heteroatoms. The minimum atomic E-state index is 0.351. The van der Waals surface area contributed by atoms with E-state index in [1.54, 1.807) is 0 Å². The Kier molecular flexibility index (Phi) is 5.91. The molecule has 1 unspecified atom stereocenters. The molecule has 1 nitrogen and oxygen atoms in total. The maximum absolute atomic E-state index is 3.57. The summed E-state index contributed by atoms with van der Waals surface area (Å²) in [4.78, 5) is 1.35. The van der Waals surface area contributed by atoms with Crippen molar-refractivity contribution >= 4 is 27.7 Å². The lowest BCUT2D eigenvalue weighted by atomic mass is 10.1. The Morgan fingerprint density at radius 1 is 1.10 bits per heavy atom. The van der Waals surface area contributed by atoms with Gasteiger partial charge in [-0.05, 0) is 57.1 Å². The summed E-state index contributed by atoms with van der Waals surface area (Å²) < 4.78 is 1.13. The summed E-state index contributed by atoms with van der Waals surface area (Å²) in [7, 11) is 2.00. The van der Waals surface area contributed by atoms with E-state index >= 15 is 0 Å². The van der Waals surface area contributed by atoms with Crippen LogP contribution >= 0.6 is 27.7 Å². The van der Waals surface area contributed by atoms with Gasteiger partial charge in [-0.1, -0.05) is 45.3 Å². The largest absolute Gasteiger partial charge is 0.313 e. The number of hydrogen-bond acceptors (Lipinski definition) is 2. The first kappa shape index (κ1) is 16.6. The Morgan fingerprint density at radius 3 is 2.38 bits per heavy atom. The van der Waals surface area contributed by atoms with E-state index in [1.165, 1.54) is 27.1 Å². The highest BCUT2D eigenvalue weighted by Gasteiger charge is 2.10. The van der Waals surface area contributed by atoms with Crippen molar-refractivity contribution in [2.45, 2.75) is 37.5 Å². The van der Waals surface area contributed by atoms with Crippen LogP contribution in [0, 0.1) is 13.8 Å². The molecule has 1 N–H and O–H groups in total. The molecule has 0 aromatic heterocycles. The van der Waals surface area contributed by atoms with Gasteiger partial charge in [0, 0.05) is 21.2 Å². The minimum absolute atomic E-state index is 0.351. The standard InChI is InChI=1S/C18H22BrNS/c1-12-7-13(2)9-15(8-12)11-21-18-6-5-16(19)10-17(18)14(3)20-4/h5-10,14,20H,11H2,1-4H3. The monoisotopic (exact) mass is 363 g/mol. The summed E-state index contributed by atoms with van der Waals surface area (Å²) in [5.41, 5.74) is 5.42. The van der Waals surface area contributed by atoms with Gasteiger partial charge in [0.25, 0.3) is 0 Å². The molecule has 2 aromatic carbocycles. The Hall–Kier alpha value is -0.770. The molecule has 0 heterocycles. The van der Waals surface area contributed by atoms with E-state index in [-0.39, 0.29) is 0 Å². The van der Waals surface area contributed by atoms with Crippen molar-refractivity contribution in [3.63, 3.8) is 0 Å². The number of rotatable bonds is 5. The molecule has 2 aromatic rings. The van der Waals surface area contributed by atoms with E-state index in [0.717, 1.165) is 10.2 Å². The fourth-order valence-corrected chi connectivity index (χ4v) is 3.89. The van der Waals surface area contributed by atoms with Crippen LogP contribution in [0.3, 0.4) is 0 Å². The van der Waals surface area contributed by atoms with E-state index in [9.17, 15) is 0 Å². The quantitative estimate of drug-likeness (QED) is 0.689. The van der Waals surface area contributed by atoms with Crippen LogP contribution in [0.2, 0.25) is 0 Å². The minimum Gasteiger partial charge on any atom is -0.313 e. The van der Waals surface area contributed by atoms with Crippen LogP contribution < -0.4 is 5.32 Å². The molecule has 0 amide bonds. The van der Waals surface area contributed by atoms with Crippen LogP contribution in [0.5, 0.6) is 0 Å². The zero-order chi connectivity index (χ0) is 15.4. The lowest BCUT2D eigenvalue weighted by molar-refractivity contribution is 0.641. The molecule has 0 bridgehead atoms. The van der Waals surface area contributed by atoms with Crippen molar-refractivity contribution in [1.82, 2.24) is 5.32 Å². The molecule has 0 spiro atoms. The maximum atomic E-state index is 3.57. The molecular formula is C18H22BrNS. The number of aryl methyl sites for hydroxylation is 2. The third kappa shape index (κ3) is 4.60. The van der Waals surface area contributed by atoms with Gasteiger partial charge in [-0.3, -0.25) is 0 Å². The predicted molar refractivity (Wildman–Crippen MR) is 97.1 cm³/mol. The molecule has 0 aliphatic heterocycles. The molecule has 0 saturated heterocycles. The maximum Gasteiger partial charge on any atom is 0.0300 e. The van der Waals surface area contributed by atoms with Gasteiger partial charge >= 0.3 is 0 Å². The number of thioether (sulfide) groups is 1. The van der Waals surface area contributed by atoms with Crippen LogP contribution in [0.25, 0.3) is 0 Å². The van der Waals surface area contributed by atoms with Gasteiger partial charge in [-0.2, -0.15) is 0 Å². The Morgan fingerprint density at radius 2 is 1.76 bits per heavy atom. The van der Waals surface area contributed by atoms with E-state index in [0.29, 0.717) is 6.04 Å². The molecule has 0 radical (unpaired) electrons. The average Bonchev–Trinajstić information content (AvgIpc) is 2.44. The topological polar surface area (TPSA) is 12.0 Å². The number of halogens is 1. The highest BCUT2D eigenvalue weighted by molar-refractivity contribution is 9.10. The normalized spacial score (nSPS) is 12.4. The van der Waals surface area contributed by atoms with Gasteiger partial charge in [0.2, 0.25) is 0 Å². The molecule has 0 aliphatic rings. The zero-order valence-corrected chi connectivity index (χ0v) is 15.4. The first-order valence-electron chi connectivity index (χ1n) is 7.16. The summed E-state index contributed by atoms with van der Waals surface area (Å²) >= 11 is 5.48. The Bertz CT molecular complexity index is 604. The zero-order valence-electron chi connectivity index (χ0n) is 13.0. The molecule has 0 saturated carbocycles. The van der Waals surface area contributed by atoms with Crippen LogP contribution in [-0.2, 0) is 5.75 Å². The van der Waals surface area contributed by atoms with Crippen molar-refractivity contribution in [3.8, 4) is 0 Å². The molecular weight excluding hydrogens is 342 g/mol. The van der Waals surface area contributed by atoms with Gasteiger partial charge in [-0.25, -0.2) is 0 Å². The summed E-state index contributed by atoms with van der Waals surface area (Å²) in [6.45, 7) is 6.52. The summed E-state index contributed by atoms with van der Waals surface area (Å²) in [5, 5.41) is 3.33. The molecule has 112 valence electrons. The molecule has 21 heavy (non-hydrogen) atoms. The summed E-state index contributed by atoms with van der Waals surface area (Å²) in [6, 6.07) is 13.7. The van der Waals surface area contributed by atoms with Crippen molar-refractivity contribution < 1.29 is 0 Å². The number of benzene rings is 2. The van der Waals surface area contributed by atoms with Crippen LogP contribution in [0.1, 0.15) is 35.2 Å². The van der Waals surface area contributed by atoms with Crippen LogP contribution in [0.15, 0.2) is 45.8 Å². The lowest BCUT2D eigenvalue weighted by Gasteiger charge is -2.16. The third-order valence-corrected chi connectivity index (χ3v) is 5.20. The fourth-order valence-electron chi connectivity index (χ4n) is 2.46. The van der Waals surface area contributed by atoms with Crippen LogP contribution in [0.4, 0.5) is 0 Å². The SMILES string of the molecule is CNC(C)c1cc(Br)ccc1SCc1cc(C)cc(C)c1. The third-order valence-electron chi connectivity index (χ3n) is 3.55. The highest BCUT2D eigenvalue weighted by Crippen LogP contribution is 2.32. The Balaban J connectivity index is 2.19. The van der Waals surface area contributed by atoms with Gasteiger partial charge in [0.1, 0.15) is 0 Å². The predicted octanol–water partition coefficient (Wildman–Crippen LogP) is 5.64. The first-order chi connectivity index (χ1) is 9.99. The van der Waals surface area contributed by atoms with E-state index in [1.807, 2.05) is 18.8 Å². The lowest BCUT2D eigenvalue weighted by Crippen LogP contribution is -2.13. The Labute approximate surface area is 140 Å². The summed E-state index contributed by atoms with van der Waals surface area (Å²) in [6.07, 6.45) is 0. The van der Waals surface area contributed by atoms with Gasteiger partial charge in [0.15, 0.2) is 0 Å². The molecule has 1 atom stereocenters. The molecule has 0 aliphatic carbocycles. The summed E-state index contributed by atoms with van der Waals surface area (Å²) in [5.74, 6) is 1.01. The van der Waals surface area contributed by atoms with Crippen molar-refractivity contribution in [1.29, 1.82) is 0 Å². The number of hydrogen-bond donors (Lipinski definition) is 1. The smallest absolute Gasteiger partial charge is 0.0300 e. The van der Waals surface area contributed by atoms with Crippen LogP contribution in [-0.4, -0.2) is 7.05 Å². The van der Waals surface area contributed by atoms with E-state index < -0.39 is 0 Å².